The Balaban J connectivity index is 2.00. The summed E-state index contributed by atoms with van der Waals surface area (Å²) in [5.41, 5.74) is 4.73. The van der Waals surface area contributed by atoms with Gasteiger partial charge in [0.2, 0.25) is 0 Å². The Bertz CT molecular complexity index is 511. The van der Waals surface area contributed by atoms with Crippen LogP contribution in [0.1, 0.15) is 11.3 Å². The van der Waals surface area contributed by atoms with Gasteiger partial charge in [-0.15, -0.1) is 0 Å². The topological polar surface area (TPSA) is 33.1 Å². The summed E-state index contributed by atoms with van der Waals surface area (Å²) in [6.45, 7) is 2.88. The Morgan fingerprint density at radius 2 is 1.89 bits per heavy atom. The van der Waals surface area contributed by atoms with E-state index in [4.69, 9.17) is 0 Å². The standard InChI is InChI=1S/C14H20N4/c1-11-14(10-16-18(11)4)15-9-12-5-7-13(8-6-12)17(2)3/h5-8,10,15H,9H2,1-4H3. The van der Waals surface area contributed by atoms with E-state index in [1.165, 1.54) is 11.3 Å². The lowest BCUT2D eigenvalue weighted by Gasteiger charge is -2.13. The molecule has 1 aromatic heterocycles. The Kier molecular flexibility index (Phi) is 3.55. The molecule has 0 bridgehead atoms. The van der Waals surface area contributed by atoms with Crippen LogP contribution < -0.4 is 10.2 Å². The summed E-state index contributed by atoms with van der Waals surface area (Å²) in [6.07, 6.45) is 1.86. The Labute approximate surface area is 108 Å². The molecule has 0 saturated carbocycles. The van der Waals surface area contributed by atoms with Gasteiger partial charge in [-0.2, -0.15) is 5.10 Å². The fourth-order valence-corrected chi connectivity index (χ4v) is 1.78. The fourth-order valence-electron chi connectivity index (χ4n) is 1.78. The molecule has 4 heteroatoms. The predicted octanol–water partition coefficient (Wildman–Crippen LogP) is 2.41. The molecule has 0 radical (unpaired) electrons. The van der Waals surface area contributed by atoms with Crippen LogP contribution in [0, 0.1) is 6.92 Å². The predicted molar refractivity (Wildman–Crippen MR) is 76.0 cm³/mol. The van der Waals surface area contributed by atoms with Crippen molar-refractivity contribution in [3.8, 4) is 0 Å². The smallest absolute Gasteiger partial charge is 0.0758 e. The number of rotatable bonds is 4. The van der Waals surface area contributed by atoms with Crippen molar-refractivity contribution in [2.75, 3.05) is 24.3 Å². The minimum atomic E-state index is 0.820. The quantitative estimate of drug-likeness (QED) is 0.896. The van der Waals surface area contributed by atoms with Crippen LogP contribution in [0.2, 0.25) is 0 Å². The molecule has 18 heavy (non-hydrogen) atoms. The monoisotopic (exact) mass is 244 g/mol. The summed E-state index contributed by atoms with van der Waals surface area (Å²) in [4.78, 5) is 2.10. The third-order valence-corrected chi connectivity index (χ3v) is 3.17. The van der Waals surface area contributed by atoms with Gasteiger partial charge in [-0.3, -0.25) is 4.68 Å². The molecule has 2 aromatic rings. The second-order valence-electron chi connectivity index (χ2n) is 4.68. The largest absolute Gasteiger partial charge is 0.378 e. The lowest BCUT2D eigenvalue weighted by atomic mass is 10.2. The summed E-state index contributed by atoms with van der Waals surface area (Å²) in [5, 5.41) is 7.62. The van der Waals surface area contributed by atoms with E-state index in [1.54, 1.807) is 0 Å². The van der Waals surface area contributed by atoms with Gasteiger partial charge in [-0.1, -0.05) is 12.1 Å². The van der Waals surface area contributed by atoms with Crippen molar-refractivity contribution in [3.63, 3.8) is 0 Å². The van der Waals surface area contributed by atoms with Gasteiger partial charge in [-0.05, 0) is 24.6 Å². The number of aromatic nitrogens is 2. The van der Waals surface area contributed by atoms with Crippen LogP contribution in [0.5, 0.6) is 0 Å². The number of anilines is 2. The van der Waals surface area contributed by atoms with Gasteiger partial charge >= 0.3 is 0 Å². The molecule has 0 amide bonds. The first kappa shape index (κ1) is 12.5. The van der Waals surface area contributed by atoms with Crippen molar-refractivity contribution in [2.45, 2.75) is 13.5 Å². The molecule has 0 atom stereocenters. The third kappa shape index (κ3) is 2.64. The lowest BCUT2D eigenvalue weighted by molar-refractivity contribution is 0.740. The lowest BCUT2D eigenvalue weighted by Crippen LogP contribution is -2.08. The maximum absolute atomic E-state index is 4.21. The van der Waals surface area contributed by atoms with E-state index in [1.807, 2.05) is 32.0 Å². The van der Waals surface area contributed by atoms with Crippen molar-refractivity contribution in [1.82, 2.24) is 9.78 Å². The number of hydrogen-bond donors (Lipinski definition) is 1. The number of nitrogens with zero attached hydrogens (tertiary/aromatic N) is 3. The highest BCUT2D eigenvalue weighted by Crippen LogP contribution is 2.16. The minimum absolute atomic E-state index is 0.820. The van der Waals surface area contributed by atoms with Crippen molar-refractivity contribution >= 4 is 11.4 Å². The highest BCUT2D eigenvalue weighted by Gasteiger charge is 2.02. The van der Waals surface area contributed by atoms with E-state index in [9.17, 15) is 0 Å². The molecule has 0 aliphatic heterocycles. The average molecular weight is 244 g/mol. The molecule has 1 heterocycles. The first-order valence-corrected chi connectivity index (χ1v) is 6.06. The summed E-state index contributed by atoms with van der Waals surface area (Å²) >= 11 is 0. The van der Waals surface area contributed by atoms with Crippen molar-refractivity contribution < 1.29 is 0 Å². The van der Waals surface area contributed by atoms with Gasteiger partial charge in [0, 0.05) is 33.4 Å². The van der Waals surface area contributed by atoms with Crippen LogP contribution in [0.4, 0.5) is 11.4 Å². The van der Waals surface area contributed by atoms with Crippen LogP contribution in [0.3, 0.4) is 0 Å². The highest BCUT2D eigenvalue weighted by atomic mass is 15.3. The van der Waals surface area contributed by atoms with Crippen LogP contribution >= 0.6 is 0 Å². The van der Waals surface area contributed by atoms with Gasteiger partial charge in [0.25, 0.3) is 0 Å². The van der Waals surface area contributed by atoms with Crippen LogP contribution in [-0.2, 0) is 13.6 Å². The highest BCUT2D eigenvalue weighted by molar-refractivity contribution is 5.48. The maximum Gasteiger partial charge on any atom is 0.0758 e. The average Bonchev–Trinajstić information content (AvgIpc) is 2.68. The summed E-state index contributed by atoms with van der Waals surface area (Å²) in [5.74, 6) is 0. The molecule has 0 fully saturated rings. The van der Waals surface area contributed by atoms with E-state index in [-0.39, 0.29) is 0 Å². The summed E-state index contributed by atoms with van der Waals surface area (Å²) in [7, 11) is 6.05. The zero-order chi connectivity index (χ0) is 13.1. The molecule has 96 valence electrons. The van der Waals surface area contributed by atoms with E-state index >= 15 is 0 Å². The Morgan fingerprint density at radius 1 is 1.22 bits per heavy atom. The minimum Gasteiger partial charge on any atom is -0.378 e. The van der Waals surface area contributed by atoms with Gasteiger partial charge in [0.15, 0.2) is 0 Å². The fraction of sp³-hybridized carbons (Fsp3) is 0.357. The molecule has 4 nitrogen and oxygen atoms in total. The van der Waals surface area contributed by atoms with E-state index < -0.39 is 0 Å². The maximum atomic E-state index is 4.21. The summed E-state index contributed by atoms with van der Waals surface area (Å²) in [6, 6.07) is 8.56. The second kappa shape index (κ2) is 5.12. The van der Waals surface area contributed by atoms with E-state index in [0.717, 1.165) is 17.9 Å². The molecular weight excluding hydrogens is 224 g/mol. The van der Waals surface area contributed by atoms with E-state index in [0.29, 0.717) is 0 Å². The first-order chi connectivity index (χ1) is 8.58. The van der Waals surface area contributed by atoms with Crippen LogP contribution in [0.25, 0.3) is 0 Å². The SMILES string of the molecule is Cc1c(NCc2ccc(N(C)C)cc2)cnn1C. The molecular formula is C14H20N4. The summed E-state index contributed by atoms with van der Waals surface area (Å²) < 4.78 is 1.87. The van der Waals surface area contributed by atoms with Crippen molar-refractivity contribution in [1.29, 1.82) is 0 Å². The van der Waals surface area contributed by atoms with Gasteiger partial charge < -0.3 is 10.2 Å². The molecule has 0 aliphatic rings. The first-order valence-electron chi connectivity index (χ1n) is 6.06. The van der Waals surface area contributed by atoms with Crippen molar-refractivity contribution in [3.05, 3.63) is 41.7 Å². The van der Waals surface area contributed by atoms with Gasteiger partial charge in [0.05, 0.1) is 17.6 Å². The zero-order valence-corrected chi connectivity index (χ0v) is 11.4. The molecule has 0 spiro atoms. The van der Waals surface area contributed by atoms with Gasteiger partial charge in [-0.25, -0.2) is 0 Å². The third-order valence-electron chi connectivity index (χ3n) is 3.17. The number of nitrogens with one attached hydrogen (secondary N) is 1. The second-order valence-corrected chi connectivity index (χ2v) is 4.68. The molecule has 0 aliphatic carbocycles. The van der Waals surface area contributed by atoms with Gasteiger partial charge in [0.1, 0.15) is 0 Å². The molecule has 2 rings (SSSR count). The number of benzene rings is 1. The molecule has 1 N–H and O–H groups in total. The molecule has 0 unspecified atom stereocenters. The van der Waals surface area contributed by atoms with E-state index in [2.05, 4.69) is 46.5 Å². The molecule has 1 aromatic carbocycles. The molecule has 0 saturated heterocycles. The van der Waals surface area contributed by atoms with Crippen LogP contribution in [-0.4, -0.2) is 23.9 Å². The number of aryl methyl sites for hydroxylation is 1. The Morgan fingerprint density at radius 3 is 2.39 bits per heavy atom. The Hall–Kier alpha value is -1.97. The van der Waals surface area contributed by atoms with Crippen LogP contribution in [0.15, 0.2) is 30.5 Å². The normalized spacial score (nSPS) is 10.4. The zero-order valence-electron chi connectivity index (χ0n) is 11.4. The number of hydrogen-bond acceptors (Lipinski definition) is 3. The van der Waals surface area contributed by atoms with Crippen molar-refractivity contribution in [2.24, 2.45) is 7.05 Å².